The highest BCUT2D eigenvalue weighted by Gasteiger charge is 2.85. The minimum atomic E-state index is -2.39. The van der Waals surface area contributed by atoms with E-state index >= 15 is 4.79 Å². The number of ketones is 1. The van der Waals surface area contributed by atoms with Crippen LogP contribution in [-0.4, -0.2) is 75.6 Å². The van der Waals surface area contributed by atoms with Gasteiger partial charge in [0.05, 0.1) is 29.1 Å². The number of carbonyl (C=O) groups is 4. The van der Waals surface area contributed by atoms with E-state index in [0.717, 1.165) is 0 Å². The van der Waals surface area contributed by atoms with Crippen LogP contribution in [-0.2, 0) is 23.8 Å². The van der Waals surface area contributed by atoms with Crippen LogP contribution < -0.4 is 0 Å². The van der Waals surface area contributed by atoms with Crippen molar-refractivity contribution < 1.29 is 48.7 Å². The third-order valence-electron chi connectivity index (χ3n) is 12.2. The number of fused-ring (bicyclic) bond motifs is 3. The molecule has 1 unspecified atom stereocenters. The molecule has 2 saturated carbocycles. The molecule has 4 aliphatic carbocycles. The summed E-state index contributed by atoms with van der Waals surface area (Å²) in [5.74, 6) is -5.56. The maximum absolute atomic E-state index is 15.2. The van der Waals surface area contributed by atoms with Crippen LogP contribution in [0.3, 0.4) is 0 Å². The molecule has 0 radical (unpaired) electrons. The fourth-order valence-corrected chi connectivity index (χ4v) is 9.08. The van der Waals surface area contributed by atoms with E-state index in [9.17, 15) is 29.7 Å². The summed E-state index contributed by atoms with van der Waals surface area (Å²) in [6, 6.07) is 16.9. The Labute approximate surface area is 292 Å². The van der Waals surface area contributed by atoms with Gasteiger partial charge < -0.3 is 29.5 Å². The molecule has 2 aromatic rings. The molecule has 10 nitrogen and oxygen atoms in total. The molecule has 0 amide bonds. The molecular weight excluding hydrogens is 640 g/mol. The Morgan fingerprint density at radius 2 is 1.54 bits per heavy atom. The topological polar surface area (TPSA) is 157 Å². The van der Waals surface area contributed by atoms with Gasteiger partial charge in [0.1, 0.15) is 18.3 Å². The van der Waals surface area contributed by atoms with Crippen molar-refractivity contribution in [3.8, 4) is 0 Å². The lowest BCUT2D eigenvalue weighted by molar-refractivity contribution is -0.206. The second-order valence-electron chi connectivity index (χ2n) is 15.2. The number of ether oxygens (including phenoxy) is 3. The molecule has 0 aliphatic heterocycles. The van der Waals surface area contributed by atoms with E-state index in [1.165, 1.54) is 6.08 Å². The number of carbonyl (C=O) groups excluding carboxylic acids is 4. The summed E-state index contributed by atoms with van der Waals surface area (Å²) in [6.45, 7) is 9.74. The van der Waals surface area contributed by atoms with Gasteiger partial charge in [-0.25, -0.2) is 9.59 Å². The smallest absolute Gasteiger partial charge is 0.338 e. The fourth-order valence-electron chi connectivity index (χ4n) is 9.08. The minimum Gasteiger partial charge on any atom is -0.461 e. The Hall–Kier alpha value is -4.12. The molecule has 50 heavy (non-hydrogen) atoms. The summed E-state index contributed by atoms with van der Waals surface area (Å²) in [5.41, 5.74) is -5.66. The van der Waals surface area contributed by atoms with Crippen molar-refractivity contribution in [1.82, 2.24) is 0 Å². The summed E-state index contributed by atoms with van der Waals surface area (Å²) in [7, 11) is 0. The van der Waals surface area contributed by atoms with E-state index in [2.05, 4.69) is 0 Å². The zero-order chi connectivity index (χ0) is 36.4. The number of Topliss-reactive ketones (excluding diaryl/α,β-unsaturated/α-hetero) is 1. The number of aliphatic hydroxyl groups excluding tert-OH is 2. The van der Waals surface area contributed by atoms with Gasteiger partial charge in [-0.2, -0.15) is 0 Å². The van der Waals surface area contributed by atoms with Crippen LogP contribution in [0.4, 0.5) is 0 Å². The first kappa shape index (κ1) is 35.7. The molecule has 0 heterocycles. The van der Waals surface area contributed by atoms with Gasteiger partial charge in [0.15, 0.2) is 17.5 Å². The van der Waals surface area contributed by atoms with Crippen LogP contribution in [0.25, 0.3) is 0 Å². The fraction of sp³-hybridized carbons (Fsp3) is 0.500. The summed E-state index contributed by atoms with van der Waals surface area (Å²) in [5, 5.41) is 35.5. The Bertz CT molecular complexity index is 1750. The third-order valence-corrected chi connectivity index (χ3v) is 12.2. The van der Waals surface area contributed by atoms with Crippen molar-refractivity contribution in [2.24, 2.45) is 40.4 Å². The van der Waals surface area contributed by atoms with E-state index in [0.29, 0.717) is 16.7 Å². The molecule has 2 fully saturated rings. The lowest BCUT2D eigenvalue weighted by Gasteiger charge is -2.49. The number of rotatable bonds is 9. The largest absolute Gasteiger partial charge is 0.461 e. The quantitative estimate of drug-likeness (QED) is 0.195. The number of hydrogen-bond donors (Lipinski definition) is 3. The molecule has 6 rings (SSSR count). The number of benzene rings is 2. The first-order valence-electron chi connectivity index (χ1n) is 17.3. The number of aliphatic hydroxyl groups is 3. The first-order valence-corrected chi connectivity index (χ1v) is 17.3. The van der Waals surface area contributed by atoms with Gasteiger partial charge in [0, 0.05) is 17.3 Å². The van der Waals surface area contributed by atoms with Gasteiger partial charge in [-0.3, -0.25) is 9.59 Å². The molecule has 1 spiro atoms. The Morgan fingerprint density at radius 3 is 2.10 bits per heavy atom. The molecule has 3 N–H and O–H groups in total. The van der Waals surface area contributed by atoms with Crippen molar-refractivity contribution in [2.75, 3.05) is 13.2 Å². The molecule has 2 bridgehead atoms. The minimum absolute atomic E-state index is 0.0262. The van der Waals surface area contributed by atoms with Gasteiger partial charge in [0.2, 0.25) is 0 Å². The number of esters is 3. The average molecular weight is 687 g/mol. The summed E-state index contributed by atoms with van der Waals surface area (Å²) >= 11 is 0. The Kier molecular flexibility index (Phi) is 8.98. The highest BCUT2D eigenvalue weighted by molar-refractivity contribution is 5.97. The second-order valence-corrected chi connectivity index (χ2v) is 15.2. The van der Waals surface area contributed by atoms with Crippen LogP contribution in [0, 0.1) is 40.4 Å². The molecule has 0 saturated heterocycles. The van der Waals surface area contributed by atoms with Gasteiger partial charge in [-0.15, -0.1) is 0 Å². The van der Waals surface area contributed by atoms with E-state index in [1.807, 2.05) is 13.8 Å². The first-order chi connectivity index (χ1) is 23.6. The monoisotopic (exact) mass is 686 g/mol. The second kappa shape index (κ2) is 12.6. The Morgan fingerprint density at radius 1 is 0.960 bits per heavy atom. The zero-order valence-corrected chi connectivity index (χ0v) is 29.3. The summed E-state index contributed by atoms with van der Waals surface area (Å²) in [6.07, 6.45) is -0.0805. The standard InChI is InChI=1S/C40H46O10/c1-22(2)25(5)34(44)49-33-23(3)18-38-24(4)19-39(50-36(46)27-15-11-8-12-16-27)30(29(32(38)43)17-28(20-41)31(42)40(33,38)47)37(39,6)21-48-35(45)26-13-9-7-10-14-26/h7-18,22,24-25,29-31,33,41-42,47H,19-21H2,1-6H3/t24-,25?,29+,30-,31-,33+,37+,38+,39+,40+/m1/s1. The van der Waals surface area contributed by atoms with Crippen molar-refractivity contribution in [2.45, 2.75) is 71.4 Å². The Balaban J connectivity index is 1.47. The lowest BCUT2D eigenvalue weighted by atomic mass is 9.58. The third kappa shape index (κ3) is 5.01. The van der Waals surface area contributed by atoms with E-state index in [1.54, 1.807) is 94.4 Å². The predicted octanol–water partition coefficient (Wildman–Crippen LogP) is 4.47. The lowest BCUT2D eigenvalue weighted by Crippen LogP contribution is -2.66. The number of hydrogen-bond acceptors (Lipinski definition) is 10. The van der Waals surface area contributed by atoms with Crippen LogP contribution in [0.5, 0.6) is 0 Å². The van der Waals surface area contributed by atoms with Crippen LogP contribution in [0.2, 0.25) is 0 Å². The van der Waals surface area contributed by atoms with Gasteiger partial charge in [-0.1, -0.05) is 83.2 Å². The normalized spacial score (nSPS) is 36.1. The molecule has 10 atom stereocenters. The van der Waals surface area contributed by atoms with Gasteiger partial charge in [0.25, 0.3) is 0 Å². The van der Waals surface area contributed by atoms with Crippen molar-refractivity contribution >= 4 is 23.7 Å². The summed E-state index contributed by atoms with van der Waals surface area (Å²) < 4.78 is 18.3. The van der Waals surface area contributed by atoms with E-state index < -0.39 is 88.2 Å². The van der Waals surface area contributed by atoms with Crippen molar-refractivity contribution in [1.29, 1.82) is 0 Å². The molecule has 4 aliphatic rings. The number of allylic oxidation sites excluding steroid dienone is 1. The van der Waals surface area contributed by atoms with E-state index in [4.69, 9.17) is 14.2 Å². The summed E-state index contributed by atoms with van der Waals surface area (Å²) in [4.78, 5) is 55.6. The molecule has 2 aromatic carbocycles. The SMILES string of the molecule is CC1=C[C@]23C(=O)[C@@H](C=C(CO)[C@@H](O)[C@]2(O)[C@H]1OC(=O)C(C)C(C)C)[C@@H]1[C@](C)(COC(=O)c2ccccc2)[C@]1(OC(=O)c1ccccc1)C[C@H]3C. The molecule has 10 heteroatoms. The molecule has 266 valence electrons. The maximum atomic E-state index is 15.2. The van der Waals surface area contributed by atoms with Gasteiger partial charge in [-0.05, 0) is 60.6 Å². The molecular formula is C40H46O10. The van der Waals surface area contributed by atoms with Crippen LogP contribution >= 0.6 is 0 Å². The van der Waals surface area contributed by atoms with Crippen molar-refractivity contribution in [3.05, 3.63) is 95.1 Å². The predicted molar refractivity (Wildman–Crippen MR) is 181 cm³/mol. The highest BCUT2D eigenvalue weighted by atomic mass is 16.6. The zero-order valence-electron chi connectivity index (χ0n) is 29.3. The van der Waals surface area contributed by atoms with Gasteiger partial charge >= 0.3 is 17.9 Å². The molecule has 0 aromatic heterocycles. The van der Waals surface area contributed by atoms with Crippen molar-refractivity contribution in [3.63, 3.8) is 0 Å². The maximum Gasteiger partial charge on any atom is 0.338 e. The van der Waals surface area contributed by atoms with Crippen LogP contribution in [0.1, 0.15) is 68.7 Å². The highest BCUT2D eigenvalue weighted by Crippen LogP contribution is 2.75. The van der Waals surface area contributed by atoms with E-state index in [-0.39, 0.29) is 24.5 Å². The average Bonchev–Trinajstić information content (AvgIpc) is 3.55. The van der Waals surface area contributed by atoms with Crippen LogP contribution in [0.15, 0.2) is 84.0 Å².